The van der Waals surface area contributed by atoms with Gasteiger partial charge >= 0.3 is 0 Å². The maximum atomic E-state index is 12.8. The molecular formula is C24H32N2O4S. The highest BCUT2D eigenvalue weighted by Gasteiger charge is 2.27. The van der Waals surface area contributed by atoms with E-state index < -0.39 is 10.0 Å². The first-order chi connectivity index (χ1) is 14.6. The number of carbonyl (C=O) groups is 1. The standard InChI is InChI=1S/C24H32N2O4S/c1-16-6-7-18(3)22(14-16)31(28,29)25-21-10-12-26(13-11-21)23(27)15-30-24-19(4)9-8-17(2)20(24)5/h6-9,14,21,25H,10-13,15H2,1-5H3. The van der Waals surface area contributed by atoms with Crippen molar-refractivity contribution in [3.63, 3.8) is 0 Å². The van der Waals surface area contributed by atoms with Crippen molar-refractivity contribution in [3.05, 3.63) is 58.1 Å². The van der Waals surface area contributed by atoms with Gasteiger partial charge in [0.15, 0.2) is 6.61 Å². The minimum absolute atomic E-state index is 0.00991. The molecule has 0 saturated carbocycles. The summed E-state index contributed by atoms with van der Waals surface area (Å²) in [5.41, 5.74) is 4.82. The maximum Gasteiger partial charge on any atom is 0.260 e. The Labute approximate surface area is 185 Å². The van der Waals surface area contributed by atoms with E-state index in [1.54, 1.807) is 17.9 Å². The summed E-state index contributed by atoms with van der Waals surface area (Å²) in [6.07, 6.45) is 1.16. The number of hydrogen-bond donors (Lipinski definition) is 1. The fraction of sp³-hybridized carbons (Fsp3) is 0.458. The molecule has 2 aromatic carbocycles. The zero-order chi connectivity index (χ0) is 22.8. The SMILES string of the molecule is Cc1ccc(C)c(S(=O)(=O)NC2CCN(C(=O)COc3c(C)ccc(C)c3C)CC2)c1. The van der Waals surface area contributed by atoms with Crippen molar-refractivity contribution in [2.24, 2.45) is 0 Å². The summed E-state index contributed by atoms with van der Waals surface area (Å²) < 4.78 is 34.3. The molecule has 1 heterocycles. The summed E-state index contributed by atoms with van der Waals surface area (Å²) in [5.74, 6) is 0.695. The van der Waals surface area contributed by atoms with E-state index in [0.717, 1.165) is 33.6 Å². The van der Waals surface area contributed by atoms with Crippen molar-refractivity contribution in [3.8, 4) is 5.75 Å². The number of nitrogens with zero attached hydrogens (tertiary/aromatic N) is 1. The van der Waals surface area contributed by atoms with Gasteiger partial charge in [-0.1, -0.05) is 24.3 Å². The number of benzene rings is 2. The number of hydrogen-bond acceptors (Lipinski definition) is 4. The number of piperidine rings is 1. The number of aryl methyl sites for hydroxylation is 4. The van der Waals surface area contributed by atoms with Gasteiger partial charge in [-0.2, -0.15) is 0 Å². The molecule has 3 rings (SSSR count). The first kappa shape index (κ1) is 23.3. The van der Waals surface area contributed by atoms with Crippen molar-refractivity contribution in [2.45, 2.75) is 58.4 Å². The molecule has 1 N–H and O–H groups in total. The molecule has 2 aromatic rings. The zero-order valence-electron chi connectivity index (χ0n) is 19.0. The number of amides is 1. The first-order valence-electron chi connectivity index (χ1n) is 10.7. The molecule has 1 fully saturated rings. The number of nitrogens with one attached hydrogen (secondary N) is 1. The van der Waals surface area contributed by atoms with Gasteiger partial charge in [-0.15, -0.1) is 0 Å². The minimum Gasteiger partial charge on any atom is -0.483 e. The predicted octanol–water partition coefficient (Wildman–Crippen LogP) is 3.58. The molecule has 1 aliphatic heterocycles. The summed E-state index contributed by atoms with van der Waals surface area (Å²) in [4.78, 5) is 14.7. The Bertz CT molecular complexity index is 1070. The van der Waals surface area contributed by atoms with Gasteiger partial charge in [-0.3, -0.25) is 4.79 Å². The van der Waals surface area contributed by atoms with E-state index in [4.69, 9.17) is 4.74 Å². The van der Waals surface area contributed by atoms with Crippen LogP contribution < -0.4 is 9.46 Å². The lowest BCUT2D eigenvalue weighted by atomic mass is 10.1. The molecule has 0 spiro atoms. The van der Waals surface area contributed by atoms with Crippen LogP contribution in [0.15, 0.2) is 35.2 Å². The summed E-state index contributed by atoms with van der Waals surface area (Å²) in [5, 5.41) is 0. The van der Waals surface area contributed by atoms with Gasteiger partial charge < -0.3 is 9.64 Å². The molecule has 1 saturated heterocycles. The molecule has 0 bridgehead atoms. The maximum absolute atomic E-state index is 12.8. The third kappa shape index (κ3) is 5.46. The Hall–Kier alpha value is -2.38. The van der Waals surface area contributed by atoms with Crippen molar-refractivity contribution >= 4 is 15.9 Å². The van der Waals surface area contributed by atoms with Gasteiger partial charge in [0.2, 0.25) is 10.0 Å². The van der Waals surface area contributed by atoms with Crippen LogP contribution in [-0.2, 0) is 14.8 Å². The predicted molar refractivity (Wildman–Crippen MR) is 122 cm³/mol. The monoisotopic (exact) mass is 444 g/mol. The lowest BCUT2D eigenvalue weighted by Crippen LogP contribution is -2.47. The van der Waals surface area contributed by atoms with Crippen LogP contribution in [0.1, 0.15) is 40.7 Å². The van der Waals surface area contributed by atoms with Gasteiger partial charge in [0, 0.05) is 19.1 Å². The quantitative estimate of drug-likeness (QED) is 0.739. The normalized spacial score (nSPS) is 15.2. The fourth-order valence-corrected chi connectivity index (χ4v) is 5.53. The number of sulfonamides is 1. The molecule has 31 heavy (non-hydrogen) atoms. The molecule has 1 amide bonds. The lowest BCUT2D eigenvalue weighted by Gasteiger charge is -2.32. The molecule has 0 unspecified atom stereocenters. The van der Waals surface area contributed by atoms with E-state index in [1.165, 1.54) is 0 Å². The van der Waals surface area contributed by atoms with E-state index in [0.29, 0.717) is 30.8 Å². The molecule has 0 radical (unpaired) electrons. The Kier molecular flexibility index (Phi) is 7.06. The molecular weight excluding hydrogens is 412 g/mol. The number of carbonyl (C=O) groups excluding carboxylic acids is 1. The van der Waals surface area contributed by atoms with Crippen LogP contribution in [0.3, 0.4) is 0 Å². The lowest BCUT2D eigenvalue weighted by molar-refractivity contribution is -0.134. The molecule has 1 aliphatic rings. The summed E-state index contributed by atoms with van der Waals surface area (Å²) in [6, 6.07) is 9.28. The van der Waals surface area contributed by atoms with Crippen molar-refractivity contribution in [1.82, 2.24) is 9.62 Å². The second kappa shape index (κ2) is 9.40. The van der Waals surface area contributed by atoms with Gasteiger partial charge in [-0.25, -0.2) is 13.1 Å². The minimum atomic E-state index is -3.59. The molecule has 168 valence electrons. The first-order valence-corrected chi connectivity index (χ1v) is 12.1. The fourth-order valence-electron chi connectivity index (χ4n) is 3.90. The Morgan fingerprint density at radius 3 is 2.29 bits per heavy atom. The van der Waals surface area contributed by atoms with E-state index in [1.807, 2.05) is 52.0 Å². The zero-order valence-corrected chi connectivity index (χ0v) is 19.8. The van der Waals surface area contributed by atoms with Crippen LogP contribution in [0.5, 0.6) is 5.75 Å². The second-order valence-corrected chi connectivity index (χ2v) is 10.2. The summed E-state index contributed by atoms with van der Waals surface area (Å²) >= 11 is 0. The van der Waals surface area contributed by atoms with Gasteiger partial charge in [0.05, 0.1) is 4.90 Å². The average Bonchev–Trinajstić information content (AvgIpc) is 2.72. The van der Waals surface area contributed by atoms with E-state index in [-0.39, 0.29) is 18.6 Å². The summed E-state index contributed by atoms with van der Waals surface area (Å²) in [7, 11) is -3.59. The second-order valence-electron chi connectivity index (χ2n) is 8.49. The Morgan fingerprint density at radius 1 is 1.00 bits per heavy atom. The number of rotatable bonds is 6. The molecule has 6 nitrogen and oxygen atoms in total. The molecule has 0 atom stereocenters. The molecule has 7 heteroatoms. The Balaban J connectivity index is 1.55. The van der Waals surface area contributed by atoms with Crippen LogP contribution in [0.25, 0.3) is 0 Å². The average molecular weight is 445 g/mol. The van der Waals surface area contributed by atoms with Crippen LogP contribution in [0.2, 0.25) is 0 Å². The van der Waals surface area contributed by atoms with Crippen molar-refractivity contribution < 1.29 is 17.9 Å². The number of ether oxygens (including phenoxy) is 1. The summed E-state index contributed by atoms with van der Waals surface area (Å²) in [6.45, 7) is 10.7. The number of likely N-dealkylation sites (tertiary alicyclic amines) is 1. The Morgan fingerprint density at radius 2 is 1.61 bits per heavy atom. The largest absolute Gasteiger partial charge is 0.483 e. The van der Waals surface area contributed by atoms with Gasteiger partial charge in [-0.05, 0) is 81.3 Å². The van der Waals surface area contributed by atoms with E-state index in [9.17, 15) is 13.2 Å². The molecule has 0 aliphatic carbocycles. The van der Waals surface area contributed by atoms with Crippen LogP contribution in [-0.4, -0.2) is 45.0 Å². The smallest absolute Gasteiger partial charge is 0.260 e. The van der Waals surface area contributed by atoms with Gasteiger partial charge in [0.1, 0.15) is 5.75 Å². The van der Waals surface area contributed by atoms with Crippen LogP contribution in [0.4, 0.5) is 0 Å². The highest BCUT2D eigenvalue weighted by molar-refractivity contribution is 7.89. The third-order valence-electron chi connectivity index (χ3n) is 6.02. The van der Waals surface area contributed by atoms with Crippen molar-refractivity contribution in [2.75, 3.05) is 19.7 Å². The van der Waals surface area contributed by atoms with Crippen molar-refractivity contribution in [1.29, 1.82) is 0 Å². The molecule has 0 aromatic heterocycles. The van der Waals surface area contributed by atoms with Gasteiger partial charge in [0.25, 0.3) is 5.91 Å². The highest BCUT2D eigenvalue weighted by Crippen LogP contribution is 2.26. The highest BCUT2D eigenvalue weighted by atomic mass is 32.2. The van der Waals surface area contributed by atoms with Crippen LogP contribution >= 0.6 is 0 Å². The van der Waals surface area contributed by atoms with E-state index >= 15 is 0 Å². The topological polar surface area (TPSA) is 75.7 Å². The van der Waals surface area contributed by atoms with E-state index in [2.05, 4.69) is 4.72 Å². The van der Waals surface area contributed by atoms with Crippen LogP contribution in [0, 0.1) is 34.6 Å². The third-order valence-corrected chi connectivity index (χ3v) is 7.68.